The van der Waals surface area contributed by atoms with Gasteiger partial charge in [0.05, 0.1) is 24.5 Å². The SMILES string of the molecule is CCOC(=O)C1=C(CC)N=C(CC)C(C(=O)OCC)C1c1ccccc1. The smallest absolute Gasteiger partial charge is 0.336 e. The molecule has 0 radical (unpaired) electrons. The molecule has 0 bridgehead atoms. The van der Waals surface area contributed by atoms with Crippen LogP contribution in [0, 0.1) is 5.92 Å². The van der Waals surface area contributed by atoms with Crippen LogP contribution < -0.4 is 0 Å². The van der Waals surface area contributed by atoms with Gasteiger partial charge in [0.25, 0.3) is 0 Å². The molecule has 140 valence electrons. The second-order valence-corrected chi connectivity index (χ2v) is 6.01. The molecule has 0 aliphatic carbocycles. The van der Waals surface area contributed by atoms with Crippen LogP contribution in [-0.4, -0.2) is 30.9 Å². The Morgan fingerprint density at radius 1 is 0.962 bits per heavy atom. The first-order chi connectivity index (χ1) is 12.6. The molecule has 1 heterocycles. The van der Waals surface area contributed by atoms with Crippen LogP contribution in [0.4, 0.5) is 0 Å². The molecule has 0 saturated carbocycles. The van der Waals surface area contributed by atoms with E-state index in [9.17, 15) is 9.59 Å². The van der Waals surface area contributed by atoms with E-state index in [0.717, 1.165) is 11.3 Å². The molecular weight excluding hydrogens is 330 g/mol. The van der Waals surface area contributed by atoms with E-state index in [0.29, 0.717) is 24.1 Å². The summed E-state index contributed by atoms with van der Waals surface area (Å²) in [5, 5.41) is 0. The third-order valence-corrected chi connectivity index (χ3v) is 4.48. The fraction of sp³-hybridized carbons (Fsp3) is 0.476. The predicted molar refractivity (Wildman–Crippen MR) is 101 cm³/mol. The second kappa shape index (κ2) is 9.32. The summed E-state index contributed by atoms with van der Waals surface area (Å²) in [5.41, 5.74) is 2.80. The van der Waals surface area contributed by atoms with E-state index >= 15 is 0 Å². The summed E-state index contributed by atoms with van der Waals surface area (Å²) < 4.78 is 10.6. The highest BCUT2D eigenvalue weighted by Crippen LogP contribution is 2.41. The molecule has 1 aliphatic heterocycles. The number of ether oxygens (including phenoxy) is 2. The van der Waals surface area contributed by atoms with Crippen molar-refractivity contribution in [3.05, 3.63) is 47.2 Å². The third-order valence-electron chi connectivity index (χ3n) is 4.48. The van der Waals surface area contributed by atoms with Crippen molar-refractivity contribution in [1.29, 1.82) is 0 Å². The minimum Gasteiger partial charge on any atom is -0.465 e. The summed E-state index contributed by atoms with van der Waals surface area (Å²) in [6.45, 7) is 8.03. The second-order valence-electron chi connectivity index (χ2n) is 6.01. The summed E-state index contributed by atoms with van der Waals surface area (Å²) >= 11 is 0. The minimum absolute atomic E-state index is 0.273. The van der Waals surface area contributed by atoms with Crippen molar-refractivity contribution in [3.8, 4) is 0 Å². The van der Waals surface area contributed by atoms with Gasteiger partial charge in [0.2, 0.25) is 0 Å². The number of carbonyl (C=O) groups excluding carboxylic acids is 2. The summed E-state index contributed by atoms with van der Waals surface area (Å²) in [6.07, 6.45) is 1.21. The first-order valence-corrected chi connectivity index (χ1v) is 9.28. The Kier molecular flexibility index (Phi) is 7.13. The van der Waals surface area contributed by atoms with Gasteiger partial charge in [-0.3, -0.25) is 9.79 Å². The number of aliphatic imine (C=N–C) groups is 1. The van der Waals surface area contributed by atoms with Crippen molar-refractivity contribution in [2.45, 2.75) is 46.5 Å². The van der Waals surface area contributed by atoms with Crippen LogP contribution in [0.2, 0.25) is 0 Å². The Balaban J connectivity index is 2.68. The van der Waals surface area contributed by atoms with E-state index in [1.54, 1.807) is 13.8 Å². The van der Waals surface area contributed by atoms with Gasteiger partial charge >= 0.3 is 11.9 Å². The molecule has 1 aliphatic rings. The lowest BCUT2D eigenvalue weighted by molar-refractivity contribution is -0.146. The van der Waals surface area contributed by atoms with Gasteiger partial charge in [0.15, 0.2) is 0 Å². The van der Waals surface area contributed by atoms with Crippen LogP contribution in [0.25, 0.3) is 0 Å². The lowest BCUT2D eigenvalue weighted by Gasteiger charge is -2.32. The molecular formula is C21H27NO4. The number of esters is 2. The topological polar surface area (TPSA) is 65.0 Å². The zero-order valence-electron chi connectivity index (χ0n) is 16.0. The van der Waals surface area contributed by atoms with E-state index < -0.39 is 17.8 Å². The fourth-order valence-corrected chi connectivity index (χ4v) is 3.39. The maximum atomic E-state index is 12.8. The molecule has 2 unspecified atom stereocenters. The molecule has 0 fully saturated rings. The molecule has 0 amide bonds. The van der Waals surface area contributed by atoms with Crippen LogP contribution in [0.5, 0.6) is 0 Å². The normalized spacial score (nSPS) is 19.8. The van der Waals surface area contributed by atoms with Crippen molar-refractivity contribution in [2.24, 2.45) is 10.9 Å². The number of rotatable bonds is 7. The summed E-state index contributed by atoms with van der Waals surface area (Å²) in [4.78, 5) is 30.2. The number of hydrogen-bond acceptors (Lipinski definition) is 5. The number of benzene rings is 1. The van der Waals surface area contributed by atoms with Gasteiger partial charge in [-0.05, 0) is 32.3 Å². The fourth-order valence-electron chi connectivity index (χ4n) is 3.39. The van der Waals surface area contributed by atoms with Crippen LogP contribution in [-0.2, 0) is 19.1 Å². The monoisotopic (exact) mass is 357 g/mol. The van der Waals surface area contributed by atoms with Crippen molar-refractivity contribution in [3.63, 3.8) is 0 Å². The average Bonchev–Trinajstić information content (AvgIpc) is 2.67. The highest BCUT2D eigenvalue weighted by Gasteiger charge is 2.43. The van der Waals surface area contributed by atoms with Crippen LogP contribution >= 0.6 is 0 Å². The molecule has 26 heavy (non-hydrogen) atoms. The molecule has 1 aromatic rings. The molecule has 2 rings (SSSR count). The Bertz CT molecular complexity index is 706. The third kappa shape index (κ3) is 4.03. The van der Waals surface area contributed by atoms with Gasteiger partial charge in [-0.15, -0.1) is 0 Å². The van der Waals surface area contributed by atoms with E-state index in [4.69, 9.17) is 9.47 Å². The zero-order valence-corrected chi connectivity index (χ0v) is 16.0. The van der Waals surface area contributed by atoms with E-state index in [1.807, 2.05) is 44.2 Å². The van der Waals surface area contributed by atoms with E-state index in [1.165, 1.54) is 0 Å². The number of allylic oxidation sites excluding steroid dienone is 1. The Labute approximate surface area is 155 Å². The molecule has 5 heteroatoms. The van der Waals surface area contributed by atoms with Crippen molar-refractivity contribution < 1.29 is 19.1 Å². The lowest BCUT2D eigenvalue weighted by atomic mass is 9.74. The van der Waals surface area contributed by atoms with Gasteiger partial charge in [-0.25, -0.2) is 4.79 Å². The molecule has 0 N–H and O–H groups in total. The highest BCUT2D eigenvalue weighted by atomic mass is 16.5. The molecule has 0 aromatic heterocycles. The maximum absolute atomic E-state index is 12.8. The quantitative estimate of drug-likeness (QED) is 0.691. The Morgan fingerprint density at radius 3 is 2.15 bits per heavy atom. The highest BCUT2D eigenvalue weighted by molar-refractivity contribution is 6.07. The standard InChI is InChI=1S/C21H27NO4/c1-5-15-18(20(23)25-7-3)17(14-12-10-9-11-13-14)19(16(6-2)22-15)21(24)26-8-4/h9-13,17-18H,5-8H2,1-4H3. The average molecular weight is 357 g/mol. The van der Waals surface area contributed by atoms with Crippen molar-refractivity contribution in [1.82, 2.24) is 0 Å². The Hall–Kier alpha value is -2.43. The van der Waals surface area contributed by atoms with Gasteiger partial charge in [0, 0.05) is 11.6 Å². The number of hydrogen-bond donors (Lipinski definition) is 0. The number of carbonyl (C=O) groups is 2. The lowest BCUT2D eigenvalue weighted by Crippen LogP contribution is -2.37. The first kappa shape index (κ1) is 19.9. The van der Waals surface area contributed by atoms with Gasteiger partial charge in [-0.1, -0.05) is 44.2 Å². The zero-order chi connectivity index (χ0) is 19.1. The molecule has 2 atom stereocenters. The minimum atomic E-state index is -0.614. The summed E-state index contributed by atoms with van der Waals surface area (Å²) in [7, 11) is 0. The molecule has 0 saturated heterocycles. The Morgan fingerprint density at radius 2 is 1.62 bits per heavy atom. The van der Waals surface area contributed by atoms with Crippen LogP contribution in [0.1, 0.15) is 52.0 Å². The molecule has 1 aromatic carbocycles. The first-order valence-electron chi connectivity index (χ1n) is 9.28. The largest absolute Gasteiger partial charge is 0.465 e. The summed E-state index contributed by atoms with van der Waals surface area (Å²) in [6, 6.07) is 9.59. The molecule has 0 spiro atoms. The van der Waals surface area contributed by atoms with Gasteiger partial charge < -0.3 is 9.47 Å². The number of nitrogens with zero attached hydrogens (tertiary/aromatic N) is 1. The predicted octanol–water partition coefficient (Wildman–Crippen LogP) is 4.04. The van der Waals surface area contributed by atoms with Crippen LogP contribution in [0.3, 0.4) is 0 Å². The maximum Gasteiger partial charge on any atom is 0.336 e. The van der Waals surface area contributed by atoms with Crippen molar-refractivity contribution >= 4 is 17.7 Å². The van der Waals surface area contributed by atoms with Crippen LogP contribution in [0.15, 0.2) is 46.6 Å². The van der Waals surface area contributed by atoms with E-state index in [-0.39, 0.29) is 19.2 Å². The van der Waals surface area contributed by atoms with E-state index in [2.05, 4.69) is 4.99 Å². The molecule has 5 nitrogen and oxygen atoms in total. The van der Waals surface area contributed by atoms with Gasteiger partial charge in [0.1, 0.15) is 5.92 Å². The van der Waals surface area contributed by atoms with Gasteiger partial charge in [-0.2, -0.15) is 0 Å². The van der Waals surface area contributed by atoms with Crippen molar-refractivity contribution in [2.75, 3.05) is 13.2 Å². The summed E-state index contributed by atoms with van der Waals surface area (Å²) in [5.74, 6) is -1.82.